The van der Waals surface area contributed by atoms with Crippen molar-refractivity contribution in [2.24, 2.45) is 0 Å². The minimum absolute atomic E-state index is 0.0206. The molecule has 0 bridgehead atoms. The largest absolute Gasteiger partial charge is 0.341 e. The fraction of sp³-hybridized carbons (Fsp3) is 0.421. The number of rotatable bonds is 4. The lowest BCUT2D eigenvalue weighted by Gasteiger charge is -2.28. The highest BCUT2D eigenvalue weighted by Crippen LogP contribution is 2.38. The Bertz CT molecular complexity index is 1080. The molecule has 1 saturated heterocycles. The second-order valence-electron chi connectivity index (χ2n) is 7.28. The van der Waals surface area contributed by atoms with Crippen molar-refractivity contribution in [3.05, 3.63) is 29.3 Å². The third-order valence-electron chi connectivity index (χ3n) is 4.98. The Morgan fingerprint density at radius 3 is 2.63 bits per heavy atom. The van der Waals surface area contributed by atoms with Gasteiger partial charge in [-0.05, 0) is 38.0 Å². The number of nitrogens with zero attached hydrogens (tertiary/aromatic N) is 2. The molecule has 0 saturated carbocycles. The van der Waals surface area contributed by atoms with Gasteiger partial charge in [-0.3, -0.25) is 14.3 Å². The quantitative estimate of drug-likeness (QED) is 0.671. The molecule has 1 atom stereocenters. The summed E-state index contributed by atoms with van der Waals surface area (Å²) in [5.74, 6) is -0.595. The number of thioether (sulfide) groups is 1. The van der Waals surface area contributed by atoms with E-state index >= 15 is 0 Å². The molecular formula is C19H22N4O4S3. The molecule has 11 heteroatoms. The van der Waals surface area contributed by atoms with Crippen molar-refractivity contribution in [3.63, 3.8) is 0 Å². The van der Waals surface area contributed by atoms with Gasteiger partial charge in [0.1, 0.15) is 0 Å². The van der Waals surface area contributed by atoms with Crippen molar-refractivity contribution in [1.29, 1.82) is 0 Å². The Morgan fingerprint density at radius 2 is 1.97 bits per heavy atom. The van der Waals surface area contributed by atoms with Gasteiger partial charge in [0.15, 0.2) is 10.4 Å². The molecule has 1 aromatic heterocycles. The number of thiazole rings is 1. The molecule has 4 rings (SSSR count). The fourth-order valence-electron chi connectivity index (χ4n) is 3.45. The lowest BCUT2D eigenvalue weighted by Crippen LogP contribution is -2.45. The summed E-state index contributed by atoms with van der Waals surface area (Å²) in [6.45, 7) is 3.13. The van der Waals surface area contributed by atoms with E-state index in [1.165, 1.54) is 35.2 Å². The Morgan fingerprint density at radius 1 is 1.23 bits per heavy atom. The third-order valence-corrected chi connectivity index (χ3v) is 8.59. The van der Waals surface area contributed by atoms with Gasteiger partial charge >= 0.3 is 0 Å². The molecule has 2 aliphatic rings. The van der Waals surface area contributed by atoms with Crippen LogP contribution in [0.1, 0.15) is 31.4 Å². The molecule has 2 aromatic rings. The van der Waals surface area contributed by atoms with Crippen molar-refractivity contribution in [2.75, 3.05) is 23.1 Å². The number of fused-ring (bicyclic) bond motifs is 1. The SMILES string of the molecule is Cc1csc(NS(=O)(=O)c2ccc3c(c2)NC(=O)C(C(=O)N2CCCCCC2)S3)n1. The van der Waals surface area contributed by atoms with Gasteiger partial charge in [-0.2, -0.15) is 0 Å². The number of nitrogens with one attached hydrogen (secondary N) is 2. The monoisotopic (exact) mass is 466 g/mol. The highest BCUT2D eigenvalue weighted by Gasteiger charge is 2.36. The van der Waals surface area contributed by atoms with Crippen LogP contribution in [0.4, 0.5) is 10.8 Å². The zero-order valence-electron chi connectivity index (χ0n) is 16.4. The number of amides is 2. The first kappa shape index (κ1) is 21.1. The normalized spacial score (nSPS) is 19.6. The van der Waals surface area contributed by atoms with Crippen LogP contribution >= 0.6 is 23.1 Å². The summed E-state index contributed by atoms with van der Waals surface area (Å²) < 4.78 is 27.8. The van der Waals surface area contributed by atoms with Gasteiger partial charge in [-0.25, -0.2) is 13.4 Å². The Balaban J connectivity index is 1.52. The summed E-state index contributed by atoms with van der Waals surface area (Å²) in [7, 11) is -3.84. The van der Waals surface area contributed by atoms with Crippen molar-refractivity contribution in [1.82, 2.24) is 9.88 Å². The van der Waals surface area contributed by atoms with Gasteiger partial charge in [0.2, 0.25) is 11.8 Å². The third kappa shape index (κ3) is 4.47. The predicted octanol–water partition coefficient (Wildman–Crippen LogP) is 3.07. The van der Waals surface area contributed by atoms with Gasteiger partial charge in [-0.15, -0.1) is 23.1 Å². The number of hydrogen-bond donors (Lipinski definition) is 2. The molecule has 3 heterocycles. The molecule has 1 aromatic carbocycles. The van der Waals surface area contributed by atoms with E-state index in [9.17, 15) is 18.0 Å². The summed E-state index contributed by atoms with van der Waals surface area (Å²) >= 11 is 2.37. The maximum Gasteiger partial charge on any atom is 0.263 e. The maximum absolute atomic E-state index is 12.9. The van der Waals surface area contributed by atoms with Crippen LogP contribution in [0.25, 0.3) is 0 Å². The van der Waals surface area contributed by atoms with E-state index in [4.69, 9.17) is 0 Å². The number of hydrogen-bond acceptors (Lipinski definition) is 7. The van der Waals surface area contributed by atoms with E-state index in [2.05, 4.69) is 15.0 Å². The molecule has 1 unspecified atom stereocenters. The van der Waals surface area contributed by atoms with E-state index in [-0.39, 0.29) is 15.9 Å². The number of anilines is 2. The summed E-state index contributed by atoms with van der Waals surface area (Å²) in [6, 6.07) is 4.51. The van der Waals surface area contributed by atoms with E-state index in [0.29, 0.717) is 23.7 Å². The number of likely N-dealkylation sites (tertiary alicyclic amines) is 1. The number of aryl methyl sites for hydroxylation is 1. The second kappa shape index (κ2) is 8.56. The van der Waals surface area contributed by atoms with Crippen molar-refractivity contribution >= 4 is 55.8 Å². The Kier molecular flexibility index (Phi) is 6.03. The van der Waals surface area contributed by atoms with Crippen LogP contribution in [0.15, 0.2) is 33.4 Å². The van der Waals surface area contributed by atoms with Crippen LogP contribution in [0.5, 0.6) is 0 Å². The molecule has 2 aliphatic heterocycles. The number of carbonyl (C=O) groups is 2. The smallest absolute Gasteiger partial charge is 0.263 e. The van der Waals surface area contributed by atoms with Crippen molar-refractivity contribution in [2.45, 2.75) is 47.6 Å². The highest BCUT2D eigenvalue weighted by molar-refractivity contribution is 8.01. The molecule has 8 nitrogen and oxygen atoms in total. The predicted molar refractivity (Wildman–Crippen MR) is 117 cm³/mol. The molecule has 0 spiro atoms. The van der Waals surface area contributed by atoms with Crippen molar-refractivity contribution < 1.29 is 18.0 Å². The Hall–Kier alpha value is -2.11. The first-order chi connectivity index (χ1) is 14.3. The van der Waals surface area contributed by atoms with Crippen LogP contribution in [0.2, 0.25) is 0 Å². The van der Waals surface area contributed by atoms with Gasteiger partial charge in [0.25, 0.3) is 10.0 Å². The van der Waals surface area contributed by atoms with E-state index in [1.807, 2.05) is 0 Å². The standard InChI is InChI=1S/C19H22N4O4S3/c1-12-11-28-19(20-12)22-30(26,27)13-6-7-15-14(10-13)21-17(24)16(29-15)18(25)23-8-4-2-3-5-9-23/h6-7,10-11,16H,2-5,8-9H2,1H3,(H,20,22)(H,21,24). The molecule has 30 heavy (non-hydrogen) atoms. The van der Waals surface area contributed by atoms with Gasteiger partial charge < -0.3 is 10.2 Å². The van der Waals surface area contributed by atoms with Crippen LogP contribution in [-0.4, -0.2) is 48.5 Å². The average molecular weight is 467 g/mol. The van der Waals surface area contributed by atoms with E-state index < -0.39 is 21.2 Å². The second-order valence-corrected chi connectivity index (χ2v) is 11.0. The highest BCUT2D eigenvalue weighted by atomic mass is 32.2. The van der Waals surface area contributed by atoms with Gasteiger partial charge in [0.05, 0.1) is 16.3 Å². The first-order valence-electron chi connectivity index (χ1n) is 9.69. The van der Waals surface area contributed by atoms with Crippen LogP contribution < -0.4 is 10.0 Å². The summed E-state index contributed by atoms with van der Waals surface area (Å²) in [5.41, 5.74) is 1.12. The summed E-state index contributed by atoms with van der Waals surface area (Å²) in [6.07, 6.45) is 4.10. The molecule has 160 valence electrons. The van der Waals surface area contributed by atoms with Gasteiger partial charge in [-0.1, -0.05) is 12.8 Å². The zero-order valence-corrected chi connectivity index (χ0v) is 18.8. The number of carbonyl (C=O) groups excluding carboxylic acids is 2. The molecule has 2 N–H and O–H groups in total. The summed E-state index contributed by atoms with van der Waals surface area (Å²) in [5, 5.41) is 3.90. The zero-order chi connectivity index (χ0) is 21.3. The number of aromatic nitrogens is 1. The molecule has 1 fully saturated rings. The average Bonchev–Trinajstić information content (AvgIpc) is 2.94. The number of sulfonamides is 1. The lowest BCUT2D eigenvalue weighted by molar-refractivity contribution is -0.133. The molecule has 2 amide bonds. The molecule has 0 aliphatic carbocycles. The minimum Gasteiger partial charge on any atom is -0.341 e. The van der Waals surface area contributed by atoms with Crippen LogP contribution in [0.3, 0.4) is 0 Å². The lowest BCUT2D eigenvalue weighted by atomic mass is 10.2. The van der Waals surface area contributed by atoms with E-state index in [0.717, 1.165) is 31.4 Å². The number of benzene rings is 1. The molecule has 0 radical (unpaired) electrons. The molecular weight excluding hydrogens is 444 g/mol. The fourth-order valence-corrected chi connectivity index (χ4v) is 6.47. The minimum atomic E-state index is -3.84. The Labute approximate surface area is 183 Å². The summed E-state index contributed by atoms with van der Waals surface area (Å²) in [4.78, 5) is 32.1. The first-order valence-corrected chi connectivity index (χ1v) is 12.9. The maximum atomic E-state index is 12.9. The van der Waals surface area contributed by atoms with Crippen LogP contribution in [0, 0.1) is 6.92 Å². The van der Waals surface area contributed by atoms with Crippen LogP contribution in [-0.2, 0) is 19.6 Å². The van der Waals surface area contributed by atoms with Crippen molar-refractivity contribution in [3.8, 4) is 0 Å². The van der Waals surface area contributed by atoms with Gasteiger partial charge in [0, 0.05) is 23.4 Å². The topological polar surface area (TPSA) is 108 Å². The van der Waals surface area contributed by atoms with E-state index in [1.54, 1.807) is 23.3 Å².